The van der Waals surface area contributed by atoms with Gasteiger partial charge in [-0.25, -0.2) is 0 Å². The Morgan fingerprint density at radius 2 is 2.14 bits per heavy atom. The van der Waals surface area contributed by atoms with Gasteiger partial charge in [-0.2, -0.15) is 0 Å². The first kappa shape index (κ1) is 18.0. The first-order valence-corrected chi connectivity index (χ1v) is 10.6. The molecular formula is C22H28N2O4. The fourth-order valence-corrected chi connectivity index (χ4v) is 5.91. The van der Waals surface area contributed by atoms with E-state index in [-0.39, 0.29) is 42.1 Å². The van der Waals surface area contributed by atoms with Gasteiger partial charge in [0.1, 0.15) is 5.75 Å². The molecule has 5 atom stereocenters. The number of nitrogens with one attached hydrogen (secondary N) is 1. The molecule has 0 unspecified atom stereocenters. The summed E-state index contributed by atoms with van der Waals surface area (Å²) in [5, 5.41) is 12.6. The highest BCUT2D eigenvalue weighted by Crippen LogP contribution is 2.52. The number of rotatable bonds is 2. The van der Waals surface area contributed by atoms with E-state index >= 15 is 0 Å². The lowest BCUT2D eigenvalue weighted by atomic mass is 9.59. The second-order valence-corrected chi connectivity index (χ2v) is 9.00. The molecule has 1 aromatic rings. The van der Waals surface area contributed by atoms with Gasteiger partial charge in [0.2, 0.25) is 5.91 Å². The van der Waals surface area contributed by atoms with E-state index in [1.807, 2.05) is 23.1 Å². The highest BCUT2D eigenvalue weighted by atomic mass is 16.5. The van der Waals surface area contributed by atoms with Gasteiger partial charge in [0.05, 0.1) is 5.56 Å². The monoisotopic (exact) mass is 384 g/mol. The molecule has 4 fully saturated rings. The number of nitrogens with zero attached hydrogens (tertiary/aromatic N) is 1. The number of fused-ring (bicyclic) bond motifs is 3. The molecule has 1 spiro atoms. The number of amides is 2. The molecule has 6 nitrogen and oxygen atoms in total. The smallest absolute Gasteiger partial charge is 0.258 e. The van der Waals surface area contributed by atoms with Gasteiger partial charge in [-0.15, -0.1) is 0 Å². The molecule has 0 radical (unpaired) electrons. The van der Waals surface area contributed by atoms with E-state index in [1.165, 1.54) is 0 Å². The summed E-state index contributed by atoms with van der Waals surface area (Å²) in [7, 11) is 0. The van der Waals surface area contributed by atoms with Crippen molar-refractivity contribution in [2.45, 2.75) is 44.2 Å². The molecule has 3 aliphatic carbocycles. The van der Waals surface area contributed by atoms with Crippen molar-refractivity contribution in [1.29, 1.82) is 0 Å². The molecule has 1 aromatic carbocycles. The Morgan fingerprint density at radius 3 is 2.93 bits per heavy atom. The van der Waals surface area contributed by atoms with E-state index in [2.05, 4.69) is 5.32 Å². The quantitative estimate of drug-likeness (QED) is 0.819. The second kappa shape index (κ2) is 6.76. The van der Waals surface area contributed by atoms with Crippen molar-refractivity contribution < 1.29 is 19.4 Å². The molecule has 3 saturated carbocycles. The Balaban J connectivity index is 1.34. The summed E-state index contributed by atoms with van der Waals surface area (Å²) in [4.78, 5) is 27.9. The van der Waals surface area contributed by atoms with E-state index in [1.54, 1.807) is 6.07 Å². The number of ether oxygens (including phenoxy) is 1. The Hall–Kier alpha value is -2.08. The van der Waals surface area contributed by atoms with Crippen LogP contribution in [0.3, 0.4) is 0 Å². The van der Waals surface area contributed by atoms with Crippen molar-refractivity contribution in [3.05, 3.63) is 29.8 Å². The average molecular weight is 384 g/mol. The Kier molecular flexibility index (Phi) is 4.34. The zero-order chi connectivity index (χ0) is 19.3. The van der Waals surface area contributed by atoms with Crippen LogP contribution < -0.4 is 10.1 Å². The van der Waals surface area contributed by atoms with Crippen LogP contribution in [0.2, 0.25) is 0 Å². The lowest BCUT2D eigenvalue weighted by Gasteiger charge is -2.55. The van der Waals surface area contributed by atoms with Crippen LogP contribution >= 0.6 is 0 Å². The van der Waals surface area contributed by atoms with Crippen LogP contribution in [-0.4, -0.2) is 47.2 Å². The number of aliphatic hydroxyl groups excluding tert-OH is 1. The minimum atomic E-state index is -0.666. The summed E-state index contributed by atoms with van der Waals surface area (Å²) in [5.74, 6) is 1.44. The molecule has 2 aliphatic heterocycles. The van der Waals surface area contributed by atoms with Crippen LogP contribution in [0, 0.1) is 23.7 Å². The van der Waals surface area contributed by atoms with E-state index in [0.29, 0.717) is 24.3 Å². The number of para-hydroxylation sites is 1. The van der Waals surface area contributed by atoms with Crippen LogP contribution in [-0.2, 0) is 4.79 Å². The summed E-state index contributed by atoms with van der Waals surface area (Å²) >= 11 is 0. The van der Waals surface area contributed by atoms with Gasteiger partial charge in [-0.3, -0.25) is 9.59 Å². The number of hydrogen-bond acceptors (Lipinski definition) is 4. The maximum Gasteiger partial charge on any atom is 0.258 e. The minimum absolute atomic E-state index is 0.0134. The maximum absolute atomic E-state index is 13.3. The zero-order valence-corrected chi connectivity index (χ0v) is 16.1. The molecule has 1 saturated heterocycles. The van der Waals surface area contributed by atoms with Gasteiger partial charge in [0, 0.05) is 38.0 Å². The lowest BCUT2D eigenvalue weighted by molar-refractivity contribution is -0.157. The SMILES string of the molecule is O=C1N[C@]2(C[C@H]3CC[C@@H]2C[C@@H]3C(=O)N2CCC[C@H](CO)C2)Oc2ccccc21. The van der Waals surface area contributed by atoms with Gasteiger partial charge >= 0.3 is 0 Å². The number of carbonyl (C=O) groups excluding carboxylic acids is 2. The van der Waals surface area contributed by atoms with Crippen LogP contribution in [0.15, 0.2) is 24.3 Å². The third kappa shape index (κ3) is 2.81. The van der Waals surface area contributed by atoms with Crippen LogP contribution in [0.4, 0.5) is 0 Å². The maximum atomic E-state index is 13.3. The van der Waals surface area contributed by atoms with E-state index in [9.17, 15) is 14.7 Å². The van der Waals surface area contributed by atoms with E-state index < -0.39 is 5.72 Å². The molecular weight excluding hydrogens is 356 g/mol. The van der Waals surface area contributed by atoms with Gasteiger partial charge in [-0.1, -0.05) is 12.1 Å². The number of aliphatic hydroxyl groups is 1. The molecule has 150 valence electrons. The highest BCUT2D eigenvalue weighted by molar-refractivity contribution is 5.98. The second-order valence-electron chi connectivity index (χ2n) is 9.00. The summed E-state index contributed by atoms with van der Waals surface area (Å²) < 4.78 is 6.38. The molecule has 2 bridgehead atoms. The largest absolute Gasteiger partial charge is 0.467 e. The third-order valence-corrected chi connectivity index (χ3v) is 7.37. The normalized spacial score (nSPS) is 36.6. The fraction of sp³-hybridized carbons (Fsp3) is 0.636. The number of benzene rings is 1. The van der Waals surface area contributed by atoms with Crippen LogP contribution in [0.25, 0.3) is 0 Å². The molecule has 2 N–H and O–H groups in total. The molecule has 6 heteroatoms. The zero-order valence-electron chi connectivity index (χ0n) is 16.1. The molecule has 28 heavy (non-hydrogen) atoms. The van der Waals surface area contributed by atoms with Crippen LogP contribution in [0.1, 0.15) is 48.9 Å². The van der Waals surface area contributed by atoms with Gasteiger partial charge in [0.25, 0.3) is 5.91 Å². The predicted octanol–water partition coefficient (Wildman–Crippen LogP) is 2.17. The predicted molar refractivity (Wildman–Crippen MR) is 103 cm³/mol. The topological polar surface area (TPSA) is 78.9 Å². The summed E-state index contributed by atoms with van der Waals surface area (Å²) in [6, 6.07) is 7.40. The average Bonchev–Trinajstić information content (AvgIpc) is 2.73. The summed E-state index contributed by atoms with van der Waals surface area (Å²) in [5.41, 5.74) is -0.0775. The Morgan fingerprint density at radius 1 is 1.29 bits per heavy atom. The Bertz CT molecular complexity index is 796. The number of piperidine rings is 1. The van der Waals surface area contributed by atoms with Crippen molar-refractivity contribution in [3.8, 4) is 5.75 Å². The minimum Gasteiger partial charge on any atom is -0.467 e. The summed E-state index contributed by atoms with van der Waals surface area (Å²) in [6.07, 6.45) is 5.44. The van der Waals surface area contributed by atoms with Gasteiger partial charge < -0.3 is 20.1 Å². The van der Waals surface area contributed by atoms with Crippen molar-refractivity contribution in [2.24, 2.45) is 23.7 Å². The number of hydrogen-bond donors (Lipinski definition) is 2. The third-order valence-electron chi connectivity index (χ3n) is 7.37. The van der Waals surface area contributed by atoms with Crippen molar-refractivity contribution in [2.75, 3.05) is 19.7 Å². The molecule has 2 amide bonds. The van der Waals surface area contributed by atoms with Crippen molar-refractivity contribution in [1.82, 2.24) is 10.2 Å². The molecule has 6 rings (SSSR count). The molecule has 2 heterocycles. The van der Waals surface area contributed by atoms with Gasteiger partial charge in [-0.05, 0) is 56.1 Å². The number of likely N-dealkylation sites (tertiary alicyclic amines) is 1. The summed E-state index contributed by atoms with van der Waals surface area (Å²) in [6.45, 7) is 1.63. The fourth-order valence-electron chi connectivity index (χ4n) is 5.91. The first-order valence-electron chi connectivity index (χ1n) is 10.6. The number of carbonyl (C=O) groups is 2. The first-order chi connectivity index (χ1) is 13.6. The van der Waals surface area contributed by atoms with Crippen molar-refractivity contribution in [3.63, 3.8) is 0 Å². The molecule has 5 aliphatic rings. The van der Waals surface area contributed by atoms with Crippen LogP contribution in [0.5, 0.6) is 5.75 Å². The van der Waals surface area contributed by atoms with Gasteiger partial charge in [0.15, 0.2) is 5.72 Å². The van der Waals surface area contributed by atoms with E-state index in [4.69, 9.17) is 4.74 Å². The highest BCUT2D eigenvalue weighted by Gasteiger charge is 2.57. The Labute approximate surface area is 165 Å². The molecule has 0 aromatic heterocycles. The van der Waals surface area contributed by atoms with Crippen molar-refractivity contribution >= 4 is 11.8 Å². The van der Waals surface area contributed by atoms with E-state index in [0.717, 1.165) is 38.6 Å². The lowest BCUT2D eigenvalue weighted by Crippen LogP contribution is -2.67. The standard InChI is InChI=1S/C22H28N2O4/c25-13-14-4-3-9-24(12-14)21(27)18-10-16-8-7-15(18)11-22(16)23-20(26)17-5-1-2-6-19(17)28-22/h1-2,5-6,14-16,18,25H,3-4,7-13H2,(H,23,26)/t14-,15+,16+,18-,22+/m0/s1.